The zero-order valence-corrected chi connectivity index (χ0v) is 24.6. The average molecular weight is 550 g/mol. The number of carbonyl (C=O) groups is 2. The second-order valence-corrected chi connectivity index (χ2v) is 10.9. The summed E-state index contributed by atoms with van der Waals surface area (Å²) in [6, 6.07) is 21.0. The zero-order valence-electron chi connectivity index (χ0n) is 23.8. The summed E-state index contributed by atoms with van der Waals surface area (Å²) >= 11 is 6.16. The summed E-state index contributed by atoms with van der Waals surface area (Å²) in [7, 11) is 0. The predicted octanol–water partition coefficient (Wildman–Crippen LogP) is 8.45. The highest BCUT2D eigenvalue weighted by atomic mass is 35.5. The second-order valence-electron chi connectivity index (χ2n) is 10.5. The molecule has 0 heterocycles. The molecular formula is C33H40ClNO4. The van der Waals surface area contributed by atoms with E-state index in [1.807, 2.05) is 46.8 Å². The van der Waals surface area contributed by atoms with E-state index >= 15 is 0 Å². The lowest BCUT2D eigenvalue weighted by Gasteiger charge is -2.19. The van der Waals surface area contributed by atoms with Crippen LogP contribution in [0.3, 0.4) is 0 Å². The van der Waals surface area contributed by atoms with E-state index in [-0.39, 0.29) is 23.8 Å². The number of unbranched alkanes of at least 4 members (excludes halogenated alkanes) is 1. The van der Waals surface area contributed by atoms with Crippen molar-refractivity contribution in [1.29, 1.82) is 0 Å². The Balaban J connectivity index is 0.00000205. The monoisotopic (exact) mass is 549 g/mol. The molecule has 4 rings (SSSR count). The Labute approximate surface area is 237 Å². The van der Waals surface area contributed by atoms with Crippen LogP contribution in [0, 0.1) is 0 Å². The lowest BCUT2D eigenvalue weighted by molar-refractivity contribution is 0.00694. The molecule has 1 aliphatic rings. The minimum absolute atomic E-state index is 0.0777. The molecule has 0 radical (unpaired) electrons. The fraction of sp³-hybridized carbons (Fsp3) is 0.394. The van der Waals surface area contributed by atoms with Crippen molar-refractivity contribution in [2.24, 2.45) is 0 Å². The van der Waals surface area contributed by atoms with Gasteiger partial charge in [0.1, 0.15) is 11.4 Å². The van der Waals surface area contributed by atoms with Gasteiger partial charge in [0.25, 0.3) is 5.91 Å². The molecule has 0 aliphatic heterocycles. The third-order valence-corrected chi connectivity index (χ3v) is 6.48. The molecule has 1 N–H and O–H groups in total. The molecule has 0 aromatic heterocycles. The Bertz CT molecular complexity index is 1250. The number of benzene rings is 3. The van der Waals surface area contributed by atoms with Crippen molar-refractivity contribution in [2.45, 2.75) is 78.4 Å². The number of nitrogens with one attached hydrogen (secondary N) is 1. The topological polar surface area (TPSA) is 64.6 Å². The van der Waals surface area contributed by atoms with Gasteiger partial charge in [0.05, 0.1) is 17.7 Å². The Morgan fingerprint density at radius 3 is 2.15 bits per heavy atom. The number of hydrogen-bond acceptors (Lipinski definition) is 4. The minimum atomic E-state index is -0.523. The lowest BCUT2D eigenvalue weighted by Crippen LogP contribution is -2.27. The van der Waals surface area contributed by atoms with E-state index in [4.69, 9.17) is 21.1 Å². The first kappa shape index (κ1) is 30.2. The standard InChI is InChI=1S/C31H34ClNO4.C2H6/c1-5-6-17-36-28-16-15-24(32)18-26(28)29(34)33-27-19-25(27)22-11-7-20(8-12-22)21-9-13-23(14-10-21)30(35)37-31(2,3)4;1-2/h7-16,18,25,27H,5-6,17,19H2,1-4H3,(H,33,34);1-2H3/t25-,27?;/m0./s1. The van der Waals surface area contributed by atoms with Gasteiger partial charge in [-0.1, -0.05) is 75.2 Å². The van der Waals surface area contributed by atoms with Crippen molar-refractivity contribution in [3.8, 4) is 16.9 Å². The number of amides is 1. The molecule has 3 aromatic rings. The Hall–Kier alpha value is -3.31. The van der Waals surface area contributed by atoms with E-state index in [2.05, 4.69) is 36.5 Å². The van der Waals surface area contributed by atoms with Gasteiger partial charge in [-0.05, 0) is 80.6 Å². The molecule has 6 heteroatoms. The van der Waals surface area contributed by atoms with Crippen LogP contribution in [0.1, 0.15) is 93.0 Å². The highest BCUT2D eigenvalue weighted by Gasteiger charge is 2.40. The average Bonchev–Trinajstić information content (AvgIpc) is 3.69. The maximum absolute atomic E-state index is 13.0. The van der Waals surface area contributed by atoms with E-state index in [9.17, 15) is 9.59 Å². The van der Waals surface area contributed by atoms with Crippen molar-refractivity contribution in [3.05, 3.63) is 88.4 Å². The summed E-state index contributed by atoms with van der Waals surface area (Å²) in [5.41, 5.74) is 3.75. The predicted molar refractivity (Wildman–Crippen MR) is 159 cm³/mol. The highest BCUT2D eigenvalue weighted by molar-refractivity contribution is 6.31. The van der Waals surface area contributed by atoms with Gasteiger partial charge in [-0.25, -0.2) is 4.79 Å². The second kappa shape index (κ2) is 13.7. The molecule has 0 spiro atoms. The number of ether oxygens (including phenoxy) is 2. The van der Waals surface area contributed by atoms with Gasteiger partial charge in [0.2, 0.25) is 0 Å². The van der Waals surface area contributed by atoms with Crippen LogP contribution in [0.2, 0.25) is 5.02 Å². The van der Waals surface area contributed by atoms with Crippen LogP contribution in [0.15, 0.2) is 66.7 Å². The maximum Gasteiger partial charge on any atom is 0.338 e. The van der Waals surface area contributed by atoms with E-state index in [1.54, 1.807) is 30.3 Å². The van der Waals surface area contributed by atoms with E-state index in [0.29, 0.717) is 28.5 Å². The summed E-state index contributed by atoms with van der Waals surface area (Å²) < 4.78 is 11.3. The van der Waals surface area contributed by atoms with Crippen molar-refractivity contribution in [3.63, 3.8) is 0 Å². The third-order valence-electron chi connectivity index (χ3n) is 6.24. The van der Waals surface area contributed by atoms with Crippen molar-refractivity contribution < 1.29 is 19.1 Å². The minimum Gasteiger partial charge on any atom is -0.493 e. The molecule has 1 amide bonds. The van der Waals surface area contributed by atoms with Gasteiger partial charge in [-0.2, -0.15) is 0 Å². The van der Waals surface area contributed by atoms with Gasteiger partial charge < -0.3 is 14.8 Å². The van der Waals surface area contributed by atoms with Crippen LogP contribution >= 0.6 is 11.6 Å². The number of hydrogen-bond donors (Lipinski definition) is 1. The first-order chi connectivity index (χ1) is 18.6. The summed E-state index contributed by atoms with van der Waals surface area (Å²) in [6.07, 6.45) is 2.84. The molecule has 1 aliphatic carbocycles. The van der Waals surface area contributed by atoms with Crippen LogP contribution in [0.4, 0.5) is 0 Å². The molecule has 0 bridgehead atoms. The molecule has 5 nitrogen and oxygen atoms in total. The SMILES string of the molecule is CC.CCCCOc1ccc(Cl)cc1C(=O)NC1C[C@H]1c1ccc(-c2ccc(C(=O)OC(C)(C)C)cc2)cc1. The normalized spacial score (nSPS) is 16.0. The smallest absolute Gasteiger partial charge is 0.338 e. The van der Waals surface area contributed by atoms with Crippen molar-refractivity contribution in [2.75, 3.05) is 6.61 Å². The Morgan fingerprint density at radius 2 is 1.56 bits per heavy atom. The quantitative estimate of drug-likeness (QED) is 0.215. The number of halogens is 1. The highest BCUT2D eigenvalue weighted by Crippen LogP contribution is 2.41. The molecular weight excluding hydrogens is 510 g/mol. The Kier molecular flexibility index (Phi) is 10.6. The van der Waals surface area contributed by atoms with Gasteiger partial charge in [-0.3, -0.25) is 4.79 Å². The number of carbonyl (C=O) groups excluding carboxylic acids is 2. The molecule has 0 saturated heterocycles. The summed E-state index contributed by atoms with van der Waals surface area (Å²) in [5.74, 6) is 0.350. The molecule has 39 heavy (non-hydrogen) atoms. The van der Waals surface area contributed by atoms with Gasteiger partial charge >= 0.3 is 5.97 Å². The number of esters is 1. The molecule has 1 unspecified atom stereocenters. The molecule has 208 valence electrons. The van der Waals surface area contributed by atoms with Crippen LogP contribution in [0.25, 0.3) is 11.1 Å². The van der Waals surface area contributed by atoms with E-state index in [0.717, 1.165) is 30.4 Å². The van der Waals surface area contributed by atoms with Gasteiger partial charge in [-0.15, -0.1) is 0 Å². The van der Waals surface area contributed by atoms with Crippen LogP contribution in [0.5, 0.6) is 5.75 Å². The van der Waals surface area contributed by atoms with Crippen molar-refractivity contribution >= 4 is 23.5 Å². The van der Waals surface area contributed by atoms with E-state index < -0.39 is 5.60 Å². The summed E-state index contributed by atoms with van der Waals surface area (Å²) in [4.78, 5) is 25.2. The summed E-state index contributed by atoms with van der Waals surface area (Å²) in [5, 5.41) is 3.64. The lowest BCUT2D eigenvalue weighted by atomic mass is 10.0. The third kappa shape index (κ3) is 8.59. The van der Waals surface area contributed by atoms with Crippen molar-refractivity contribution in [1.82, 2.24) is 5.32 Å². The fourth-order valence-corrected chi connectivity index (χ4v) is 4.33. The molecule has 2 atom stereocenters. The molecule has 1 saturated carbocycles. The first-order valence-electron chi connectivity index (χ1n) is 13.8. The van der Waals surface area contributed by atoms with Crippen LogP contribution in [-0.2, 0) is 4.74 Å². The fourth-order valence-electron chi connectivity index (χ4n) is 4.16. The molecule has 1 fully saturated rings. The molecule has 3 aromatic carbocycles. The van der Waals surface area contributed by atoms with Gasteiger partial charge in [0, 0.05) is 17.0 Å². The Morgan fingerprint density at radius 1 is 0.949 bits per heavy atom. The largest absolute Gasteiger partial charge is 0.493 e. The number of rotatable bonds is 9. The summed E-state index contributed by atoms with van der Waals surface area (Å²) in [6.45, 7) is 12.2. The first-order valence-corrected chi connectivity index (χ1v) is 14.2. The van der Waals surface area contributed by atoms with E-state index in [1.165, 1.54) is 5.56 Å². The van der Waals surface area contributed by atoms with Gasteiger partial charge in [0.15, 0.2) is 0 Å². The van der Waals surface area contributed by atoms with Crippen LogP contribution < -0.4 is 10.1 Å². The van der Waals surface area contributed by atoms with Crippen LogP contribution in [-0.4, -0.2) is 30.1 Å². The maximum atomic E-state index is 13.0. The zero-order chi connectivity index (χ0) is 28.6.